The van der Waals surface area contributed by atoms with Gasteiger partial charge in [0.1, 0.15) is 12.4 Å². The molecule has 0 bridgehead atoms. The van der Waals surface area contributed by atoms with Crippen molar-refractivity contribution in [3.8, 4) is 0 Å². The number of carbonyl (C=O) groups excluding carboxylic acids is 1. The first-order valence-electron chi connectivity index (χ1n) is 4.51. The Labute approximate surface area is 87.2 Å². The van der Waals surface area contributed by atoms with Crippen molar-refractivity contribution in [3.05, 3.63) is 35.6 Å². The molecular weight excluding hydrogens is 199 g/mol. The zero-order valence-corrected chi connectivity index (χ0v) is 8.20. The first kappa shape index (κ1) is 11.6. The summed E-state index contributed by atoms with van der Waals surface area (Å²) in [4.78, 5) is 10.9. The summed E-state index contributed by atoms with van der Waals surface area (Å²) in [5.41, 5.74) is 5.92. The molecule has 0 fully saturated rings. The van der Waals surface area contributed by atoms with Crippen molar-refractivity contribution in [1.29, 1.82) is 0 Å². The average Bonchev–Trinajstić information content (AvgIpc) is 2.21. The van der Waals surface area contributed by atoms with Gasteiger partial charge in [-0.1, -0.05) is 12.1 Å². The molecule has 0 aliphatic carbocycles. The molecule has 3 N–H and O–H groups in total. The summed E-state index contributed by atoms with van der Waals surface area (Å²) in [5, 5.41) is 2.39. The van der Waals surface area contributed by atoms with Crippen molar-refractivity contribution in [2.45, 2.75) is 6.61 Å². The Morgan fingerprint density at radius 1 is 1.40 bits per heavy atom. The number of ether oxygens (including phenoxy) is 1. The second-order valence-corrected chi connectivity index (χ2v) is 2.92. The fraction of sp³-hybridized carbons (Fsp3) is 0.300. The van der Waals surface area contributed by atoms with Crippen LogP contribution in [0.5, 0.6) is 0 Å². The summed E-state index contributed by atoms with van der Waals surface area (Å²) in [5.74, 6) is -0.556. The first-order valence-corrected chi connectivity index (χ1v) is 4.51. The Balaban J connectivity index is 2.26. The molecule has 1 amide bonds. The Kier molecular flexibility index (Phi) is 4.73. The van der Waals surface area contributed by atoms with E-state index < -0.39 is 0 Å². The molecule has 82 valence electrons. The van der Waals surface area contributed by atoms with E-state index in [1.807, 2.05) is 0 Å². The Bertz CT molecular complexity index is 314. The molecule has 0 heterocycles. The maximum atomic E-state index is 12.5. The number of nitrogens with one attached hydrogen (secondary N) is 1. The zero-order chi connectivity index (χ0) is 11.1. The number of amides is 1. The Morgan fingerprint density at radius 2 is 2.07 bits per heavy atom. The molecule has 1 aromatic carbocycles. The second-order valence-electron chi connectivity index (χ2n) is 2.92. The maximum Gasteiger partial charge on any atom is 0.247 e. The van der Waals surface area contributed by atoms with E-state index in [-0.39, 0.29) is 31.6 Å². The minimum Gasteiger partial charge on any atom is -0.367 e. The van der Waals surface area contributed by atoms with Crippen molar-refractivity contribution in [2.24, 2.45) is 5.73 Å². The fourth-order valence-corrected chi connectivity index (χ4v) is 1.01. The van der Waals surface area contributed by atoms with Crippen molar-refractivity contribution < 1.29 is 13.9 Å². The SMILES string of the molecule is NCNC(=O)COCc1ccc(F)cc1. The standard InChI is InChI=1S/C10H13FN2O2/c11-9-3-1-8(2-4-9)5-15-6-10(14)13-7-12/h1-4H,5-7,12H2,(H,13,14). The highest BCUT2D eigenvalue weighted by Crippen LogP contribution is 2.03. The van der Waals surface area contributed by atoms with Gasteiger partial charge in [0.05, 0.1) is 13.3 Å². The first-order chi connectivity index (χ1) is 7.22. The van der Waals surface area contributed by atoms with E-state index in [0.29, 0.717) is 0 Å². The molecule has 0 saturated carbocycles. The third-order valence-corrected chi connectivity index (χ3v) is 1.71. The van der Waals surface area contributed by atoms with Crippen molar-refractivity contribution >= 4 is 5.91 Å². The summed E-state index contributed by atoms with van der Waals surface area (Å²) in [7, 11) is 0. The minimum absolute atomic E-state index is 0.0470. The van der Waals surface area contributed by atoms with Gasteiger partial charge in [-0.3, -0.25) is 4.79 Å². The number of halogens is 1. The molecule has 15 heavy (non-hydrogen) atoms. The number of nitrogens with two attached hydrogens (primary N) is 1. The Hall–Kier alpha value is -1.46. The van der Waals surface area contributed by atoms with Gasteiger partial charge in [-0.25, -0.2) is 4.39 Å². The third kappa shape index (κ3) is 4.53. The molecular formula is C10H13FN2O2. The van der Waals surface area contributed by atoms with Crippen molar-refractivity contribution in [2.75, 3.05) is 13.3 Å². The molecule has 0 spiro atoms. The smallest absolute Gasteiger partial charge is 0.247 e. The lowest BCUT2D eigenvalue weighted by atomic mass is 10.2. The highest BCUT2D eigenvalue weighted by Gasteiger charge is 1.99. The number of hydrogen-bond donors (Lipinski definition) is 2. The number of carbonyl (C=O) groups is 1. The normalized spacial score (nSPS) is 10.0. The molecule has 0 saturated heterocycles. The van der Waals surface area contributed by atoms with Crippen molar-refractivity contribution in [1.82, 2.24) is 5.32 Å². The van der Waals surface area contributed by atoms with Gasteiger partial charge in [0.15, 0.2) is 0 Å². The van der Waals surface area contributed by atoms with E-state index in [9.17, 15) is 9.18 Å². The molecule has 0 atom stereocenters. The van der Waals surface area contributed by atoms with E-state index in [0.717, 1.165) is 5.56 Å². The maximum absolute atomic E-state index is 12.5. The lowest BCUT2D eigenvalue weighted by molar-refractivity contribution is -0.126. The van der Waals surface area contributed by atoms with E-state index in [4.69, 9.17) is 10.5 Å². The van der Waals surface area contributed by atoms with Gasteiger partial charge in [-0.2, -0.15) is 0 Å². The molecule has 0 radical (unpaired) electrons. The molecule has 1 aromatic rings. The van der Waals surface area contributed by atoms with Gasteiger partial charge < -0.3 is 15.8 Å². The lowest BCUT2D eigenvalue weighted by Crippen LogP contribution is -2.32. The highest BCUT2D eigenvalue weighted by atomic mass is 19.1. The van der Waals surface area contributed by atoms with E-state index in [2.05, 4.69) is 5.32 Å². The zero-order valence-electron chi connectivity index (χ0n) is 8.20. The number of hydrogen-bond acceptors (Lipinski definition) is 3. The van der Waals surface area contributed by atoms with Gasteiger partial charge in [0.2, 0.25) is 5.91 Å². The summed E-state index contributed by atoms with van der Waals surface area (Å²) in [6, 6.07) is 5.91. The molecule has 5 heteroatoms. The van der Waals surface area contributed by atoms with E-state index >= 15 is 0 Å². The molecule has 0 unspecified atom stereocenters. The topological polar surface area (TPSA) is 64.3 Å². The summed E-state index contributed by atoms with van der Waals surface area (Å²) < 4.78 is 17.6. The van der Waals surface area contributed by atoms with Crippen LogP contribution in [0.25, 0.3) is 0 Å². The molecule has 0 aliphatic rings. The summed E-state index contributed by atoms with van der Waals surface area (Å²) in [6.07, 6.45) is 0. The largest absolute Gasteiger partial charge is 0.367 e. The molecule has 1 rings (SSSR count). The van der Waals surface area contributed by atoms with Crippen LogP contribution in [0.4, 0.5) is 4.39 Å². The minimum atomic E-state index is -0.292. The predicted octanol–water partition coefficient (Wildman–Crippen LogP) is 0.375. The lowest BCUT2D eigenvalue weighted by Gasteiger charge is -2.04. The van der Waals surface area contributed by atoms with Crippen LogP contribution < -0.4 is 11.1 Å². The van der Waals surface area contributed by atoms with Crippen LogP contribution in [-0.2, 0) is 16.1 Å². The predicted molar refractivity (Wildman–Crippen MR) is 53.3 cm³/mol. The number of benzene rings is 1. The van der Waals surface area contributed by atoms with Gasteiger partial charge >= 0.3 is 0 Å². The Morgan fingerprint density at radius 3 is 2.67 bits per heavy atom. The van der Waals surface area contributed by atoms with Gasteiger partial charge in [-0.15, -0.1) is 0 Å². The highest BCUT2D eigenvalue weighted by molar-refractivity contribution is 5.77. The van der Waals surface area contributed by atoms with Crippen LogP contribution in [0.2, 0.25) is 0 Å². The van der Waals surface area contributed by atoms with Gasteiger partial charge in [0.25, 0.3) is 0 Å². The van der Waals surface area contributed by atoms with Crippen LogP contribution in [0.3, 0.4) is 0 Å². The summed E-state index contributed by atoms with van der Waals surface area (Å²) in [6.45, 7) is 0.325. The van der Waals surface area contributed by atoms with E-state index in [1.165, 1.54) is 12.1 Å². The summed E-state index contributed by atoms with van der Waals surface area (Å²) >= 11 is 0. The number of rotatable bonds is 5. The van der Waals surface area contributed by atoms with Gasteiger partial charge in [0, 0.05) is 0 Å². The average molecular weight is 212 g/mol. The second kappa shape index (κ2) is 6.10. The van der Waals surface area contributed by atoms with Crippen LogP contribution in [-0.4, -0.2) is 19.2 Å². The quantitative estimate of drug-likeness (QED) is 0.693. The van der Waals surface area contributed by atoms with Crippen LogP contribution in [0.1, 0.15) is 5.56 Å². The van der Waals surface area contributed by atoms with Crippen LogP contribution >= 0.6 is 0 Å². The van der Waals surface area contributed by atoms with E-state index in [1.54, 1.807) is 12.1 Å². The van der Waals surface area contributed by atoms with Crippen molar-refractivity contribution in [3.63, 3.8) is 0 Å². The fourth-order valence-electron chi connectivity index (χ4n) is 1.01. The third-order valence-electron chi connectivity index (χ3n) is 1.71. The molecule has 0 aromatic heterocycles. The molecule has 4 nitrogen and oxygen atoms in total. The van der Waals surface area contributed by atoms with Crippen LogP contribution in [0.15, 0.2) is 24.3 Å². The van der Waals surface area contributed by atoms with Gasteiger partial charge in [-0.05, 0) is 17.7 Å². The van der Waals surface area contributed by atoms with Crippen LogP contribution in [0, 0.1) is 5.82 Å². The monoisotopic (exact) mass is 212 g/mol. The molecule has 0 aliphatic heterocycles.